The third-order valence-electron chi connectivity index (χ3n) is 3.64. The second-order valence-corrected chi connectivity index (χ2v) is 6.64. The lowest BCUT2D eigenvalue weighted by Crippen LogP contribution is -2.23. The molecule has 0 bridgehead atoms. The van der Waals surface area contributed by atoms with Crippen LogP contribution in [-0.4, -0.2) is 26.7 Å². The van der Waals surface area contributed by atoms with Gasteiger partial charge in [-0.3, -0.25) is 4.79 Å². The van der Waals surface area contributed by atoms with Crippen LogP contribution in [0.5, 0.6) is 17.2 Å². The predicted molar refractivity (Wildman–Crippen MR) is 103 cm³/mol. The minimum absolute atomic E-state index is 0.247. The third-order valence-corrected chi connectivity index (χ3v) is 3.92. The fraction of sp³-hybridized carbons (Fsp3) is 0.350. The minimum Gasteiger partial charge on any atom is -0.497 e. The van der Waals surface area contributed by atoms with Crippen LogP contribution in [0.15, 0.2) is 36.4 Å². The molecule has 26 heavy (non-hydrogen) atoms. The summed E-state index contributed by atoms with van der Waals surface area (Å²) in [4.78, 5) is 12.5. The van der Waals surface area contributed by atoms with Gasteiger partial charge in [0.2, 0.25) is 0 Å². The van der Waals surface area contributed by atoms with E-state index in [1.165, 1.54) is 7.11 Å². The van der Waals surface area contributed by atoms with Gasteiger partial charge in [0.1, 0.15) is 5.75 Å². The highest BCUT2D eigenvalue weighted by Crippen LogP contribution is 2.36. The second-order valence-electron chi connectivity index (χ2n) is 6.23. The molecule has 0 atom stereocenters. The maximum atomic E-state index is 12.5. The highest BCUT2D eigenvalue weighted by molar-refractivity contribution is 6.32. The van der Waals surface area contributed by atoms with Crippen molar-refractivity contribution in [2.24, 2.45) is 5.92 Å². The van der Waals surface area contributed by atoms with E-state index >= 15 is 0 Å². The molecule has 6 heteroatoms. The summed E-state index contributed by atoms with van der Waals surface area (Å²) >= 11 is 6.30. The van der Waals surface area contributed by atoms with Crippen molar-refractivity contribution in [3.8, 4) is 17.2 Å². The average Bonchev–Trinajstić information content (AvgIpc) is 2.64. The molecule has 0 spiro atoms. The van der Waals surface area contributed by atoms with Gasteiger partial charge in [-0.15, -0.1) is 0 Å². The minimum atomic E-state index is -0.247. The van der Waals surface area contributed by atoms with E-state index in [1.807, 2.05) is 38.1 Å². The second kappa shape index (κ2) is 9.34. The lowest BCUT2D eigenvalue weighted by molar-refractivity contribution is 0.0950. The number of rotatable bonds is 8. The first kappa shape index (κ1) is 19.9. The van der Waals surface area contributed by atoms with Crippen LogP contribution in [0.4, 0.5) is 0 Å². The summed E-state index contributed by atoms with van der Waals surface area (Å²) in [7, 11) is 3.13. The molecule has 0 aliphatic heterocycles. The highest BCUT2D eigenvalue weighted by Gasteiger charge is 2.16. The fourth-order valence-corrected chi connectivity index (χ4v) is 2.57. The summed E-state index contributed by atoms with van der Waals surface area (Å²) < 4.78 is 16.2. The van der Waals surface area contributed by atoms with Crippen LogP contribution < -0.4 is 19.5 Å². The standard InChI is InChI=1S/C20H24ClNO4/c1-13(2)12-26-19-17(21)9-15(10-18(19)25-4)20(23)22-11-14-6-5-7-16(8-14)24-3/h5-10,13H,11-12H2,1-4H3,(H,22,23). The zero-order valence-corrected chi connectivity index (χ0v) is 16.2. The normalized spacial score (nSPS) is 10.5. The highest BCUT2D eigenvalue weighted by atomic mass is 35.5. The summed E-state index contributed by atoms with van der Waals surface area (Å²) in [5.41, 5.74) is 1.35. The lowest BCUT2D eigenvalue weighted by atomic mass is 10.1. The van der Waals surface area contributed by atoms with Gasteiger partial charge in [0.25, 0.3) is 5.91 Å². The zero-order chi connectivity index (χ0) is 19.1. The predicted octanol–water partition coefficient (Wildman–Crippen LogP) is 4.32. The average molecular weight is 378 g/mol. The molecule has 0 aliphatic carbocycles. The van der Waals surface area contributed by atoms with E-state index in [0.717, 1.165) is 11.3 Å². The maximum absolute atomic E-state index is 12.5. The number of hydrogen-bond donors (Lipinski definition) is 1. The van der Waals surface area contributed by atoms with Gasteiger partial charge in [0.15, 0.2) is 11.5 Å². The Balaban J connectivity index is 2.11. The van der Waals surface area contributed by atoms with Crippen LogP contribution in [0.25, 0.3) is 0 Å². The maximum Gasteiger partial charge on any atom is 0.251 e. The van der Waals surface area contributed by atoms with E-state index in [9.17, 15) is 4.79 Å². The Hall–Kier alpha value is -2.40. The van der Waals surface area contributed by atoms with E-state index in [-0.39, 0.29) is 5.91 Å². The van der Waals surface area contributed by atoms with Crippen molar-refractivity contribution in [1.29, 1.82) is 0 Å². The zero-order valence-electron chi connectivity index (χ0n) is 15.5. The topological polar surface area (TPSA) is 56.8 Å². The first-order valence-electron chi connectivity index (χ1n) is 8.36. The van der Waals surface area contributed by atoms with E-state index in [4.69, 9.17) is 25.8 Å². The molecule has 0 fully saturated rings. The van der Waals surface area contributed by atoms with Crippen LogP contribution >= 0.6 is 11.6 Å². The molecule has 140 valence electrons. The smallest absolute Gasteiger partial charge is 0.251 e. The Bertz CT molecular complexity index is 761. The molecule has 0 radical (unpaired) electrons. The van der Waals surface area contributed by atoms with Gasteiger partial charge in [-0.2, -0.15) is 0 Å². The summed E-state index contributed by atoms with van der Waals surface area (Å²) in [5, 5.41) is 3.21. The first-order valence-corrected chi connectivity index (χ1v) is 8.73. The van der Waals surface area contributed by atoms with Crippen LogP contribution in [0, 0.1) is 5.92 Å². The summed E-state index contributed by atoms with van der Waals surface area (Å²) in [6.07, 6.45) is 0. The van der Waals surface area contributed by atoms with E-state index in [0.29, 0.717) is 41.2 Å². The van der Waals surface area contributed by atoms with E-state index in [2.05, 4.69) is 5.32 Å². The molecule has 5 nitrogen and oxygen atoms in total. The monoisotopic (exact) mass is 377 g/mol. The molecule has 0 aliphatic rings. The molecule has 0 heterocycles. The van der Waals surface area contributed by atoms with Crippen LogP contribution in [0.3, 0.4) is 0 Å². The van der Waals surface area contributed by atoms with Crippen molar-refractivity contribution < 1.29 is 19.0 Å². The number of ether oxygens (including phenoxy) is 3. The summed E-state index contributed by atoms with van der Waals surface area (Å²) in [6.45, 7) is 4.97. The molecule has 0 saturated carbocycles. The Kier molecular flexibility index (Phi) is 7.16. The molecule has 2 aromatic carbocycles. The van der Waals surface area contributed by atoms with Crippen molar-refractivity contribution in [2.45, 2.75) is 20.4 Å². The van der Waals surface area contributed by atoms with Crippen molar-refractivity contribution >= 4 is 17.5 Å². The van der Waals surface area contributed by atoms with Gasteiger partial charge in [-0.25, -0.2) is 0 Å². The van der Waals surface area contributed by atoms with Gasteiger partial charge in [-0.05, 0) is 35.7 Å². The Morgan fingerprint density at radius 1 is 1.15 bits per heavy atom. The summed E-state index contributed by atoms with van der Waals surface area (Å²) in [5.74, 6) is 1.73. The van der Waals surface area contributed by atoms with Gasteiger partial charge < -0.3 is 19.5 Å². The van der Waals surface area contributed by atoms with E-state index < -0.39 is 0 Å². The first-order chi connectivity index (χ1) is 12.4. The van der Waals surface area contributed by atoms with Crippen molar-refractivity contribution in [3.63, 3.8) is 0 Å². The van der Waals surface area contributed by atoms with Crippen LogP contribution in [-0.2, 0) is 6.54 Å². The Labute approximate surface area is 159 Å². The molecule has 1 amide bonds. The van der Waals surface area contributed by atoms with Crippen molar-refractivity contribution in [2.75, 3.05) is 20.8 Å². The van der Waals surface area contributed by atoms with Gasteiger partial charge >= 0.3 is 0 Å². The SMILES string of the molecule is COc1cccc(CNC(=O)c2cc(Cl)c(OCC(C)C)c(OC)c2)c1. The Morgan fingerprint density at radius 2 is 1.92 bits per heavy atom. The number of nitrogens with one attached hydrogen (secondary N) is 1. The number of carbonyl (C=O) groups excluding carboxylic acids is 1. The molecule has 0 aromatic heterocycles. The Morgan fingerprint density at radius 3 is 2.58 bits per heavy atom. The number of methoxy groups -OCH3 is 2. The largest absolute Gasteiger partial charge is 0.497 e. The van der Waals surface area contributed by atoms with Crippen LogP contribution in [0.1, 0.15) is 29.8 Å². The molecule has 1 N–H and O–H groups in total. The van der Waals surface area contributed by atoms with Gasteiger partial charge in [0, 0.05) is 12.1 Å². The fourth-order valence-electron chi connectivity index (χ4n) is 2.31. The van der Waals surface area contributed by atoms with Gasteiger partial charge in [0.05, 0.1) is 25.8 Å². The molecule has 2 aromatic rings. The molecular formula is C20H24ClNO4. The third kappa shape index (κ3) is 5.30. The molecular weight excluding hydrogens is 354 g/mol. The number of carbonyl (C=O) groups is 1. The molecule has 0 unspecified atom stereocenters. The van der Waals surface area contributed by atoms with Crippen LogP contribution in [0.2, 0.25) is 5.02 Å². The number of halogens is 1. The molecule has 2 rings (SSSR count). The lowest BCUT2D eigenvalue weighted by Gasteiger charge is -2.15. The number of hydrogen-bond acceptors (Lipinski definition) is 4. The van der Waals surface area contributed by atoms with E-state index in [1.54, 1.807) is 19.2 Å². The van der Waals surface area contributed by atoms with Crippen molar-refractivity contribution in [1.82, 2.24) is 5.32 Å². The number of amides is 1. The summed E-state index contributed by atoms with van der Waals surface area (Å²) in [6, 6.07) is 10.7. The number of benzene rings is 2. The van der Waals surface area contributed by atoms with Gasteiger partial charge in [-0.1, -0.05) is 37.6 Å². The quantitative estimate of drug-likeness (QED) is 0.744. The van der Waals surface area contributed by atoms with Crippen molar-refractivity contribution in [3.05, 3.63) is 52.5 Å². The molecule has 0 saturated heterocycles.